The first kappa shape index (κ1) is 16.9. The van der Waals surface area contributed by atoms with Crippen LogP contribution in [0.3, 0.4) is 0 Å². The van der Waals surface area contributed by atoms with Crippen LogP contribution in [-0.4, -0.2) is 40.9 Å². The molecule has 0 saturated carbocycles. The molecule has 26 heavy (non-hydrogen) atoms. The molecule has 1 saturated heterocycles. The van der Waals surface area contributed by atoms with E-state index in [2.05, 4.69) is 40.2 Å². The molecule has 0 amide bonds. The average Bonchev–Trinajstić information content (AvgIpc) is 2.99. The number of hydrogen-bond acceptors (Lipinski definition) is 4. The van der Waals surface area contributed by atoms with Gasteiger partial charge in [0, 0.05) is 6.54 Å². The number of anilines is 1. The summed E-state index contributed by atoms with van der Waals surface area (Å²) in [6, 6.07) is 18.7. The van der Waals surface area contributed by atoms with E-state index in [1.807, 2.05) is 24.3 Å². The Morgan fingerprint density at radius 2 is 1.73 bits per heavy atom. The van der Waals surface area contributed by atoms with Crippen molar-refractivity contribution in [3.05, 3.63) is 60.2 Å². The van der Waals surface area contributed by atoms with E-state index in [4.69, 9.17) is 10.6 Å². The molecular formula is C21H26N4O. The lowest BCUT2D eigenvalue weighted by Gasteiger charge is -2.31. The van der Waals surface area contributed by atoms with Crippen molar-refractivity contribution < 1.29 is 4.84 Å². The van der Waals surface area contributed by atoms with Gasteiger partial charge in [0.15, 0.2) is 0 Å². The highest BCUT2D eigenvalue weighted by molar-refractivity contribution is 5.77. The minimum Gasteiger partial charge on any atom is -0.409 e. The molecule has 1 aliphatic rings. The summed E-state index contributed by atoms with van der Waals surface area (Å²) in [5.41, 5.74) is 9.22. The second kappa shape index (κ2) is 7.79. The smallest absolute Gasteiger partial charge is 0.235 e. The predicted octanol–water partition coefficient (Wildman–Crippen LogP) is 3.00. The highest BCUT2D eigenvalue weighted by Gasteiger charge is 2.19. The van der Waals surface area contributed by atoms with E-state index < -0.39 is 0 Å². The number of benzene rings is 2. The minimum absolute atomic E-state index is 0.410. The molecule has 4 rings (SSSR count). The topological polar surface area (TPSA) is 56.3 Å². The van der Waals surface area contributed by atoms with Gasteiger partial charge in [0.25, 0.3) is 0 Å². The minimum atomic E-state index is 0.410. The summed E-state index contributed by atoms with van der Waals surface area (Å²) in [6.07, 6.45) is 3.71. The Balaban J connectivity index is 1.24. The maximum Gasteiger partial charge on any atom is 0.235 e. The molecule has 2 aromatic carbocycles. The molecule has 1 aliphatic heterocycles. The van der Waals surface area contributed by atoms with E-state index in [0.29, 0.717) is 12.6 Å². The molecule has 2 heterocycles. The highest BCUT2D eigenvalue weighted by atomic mass is 16.7. The molecule has 136 valence electrons. The van der Waals surface area contributed by atoms with Crippen LogP contribution in [0.25, 0.3) is 11.0 Å². The number of likely N-dealkylation sites (tertiary alicyclic amines) is 1. The van der Waals surface area contributed by atoms with Crippen molar-refractivity contribution in [1.29, 1.82) is 0 Å². The van der Waals surface area contributed by atoms with Crippen LogP contribution in [0.15, 0.2) is 54.6 Å². The zero-order chi connectivity index (χ0) is 17.8. The second-order valence-electron chi connectivity index (χ2n) is 7.06. The van der Waals surface area contributed by atoms with Crippen molar-refractivity contribution in [3.63, 3.8) is 0 Å². The second-order valence-corrected chi connectivity index (χ2v) is 7.06. The van der Waals surface area contributed by atoms with Crippen LogP contribution in [0.5, 0.6) is 0 Å². The lowest BCUT2D eigenvalue weighted by atomic mass is 9.90. The monoisotopic (exact) mass is 350 g/mol. The molecule has 0 bridgehead atoms. The fourth-order valence-electron chi connectivity index (χ4n) is 3.78. The number of nitrogens with two attached hydrogens (primary N) is 1. The van der Waals surface area contributed by atoms with Gasteiger partial charge in [-0.1, -0.05) is 42.5 Å². The van der Waals surface area contributed by atoms with Gasteiger partial charge in [-0.05, 0) is 56.0 Å². The Kier molecular flexibility index (Phi) is 5.07. The van der Waals surface area contributed by atoms with Gasteiger partial charge < -0.3 is 10.6 Å². The predicted molar refractivity (Wildman–Crippen MR) is 105 cm³/mol. The van der Waals surface area contributed by atoms with Crippen LogP contribution >= 0.6 is 0 Å². The summed E-state index contributed by atoms with van der Waals surface area (Å²) in [5.74, 6) is 1.20. The van der Waals surface area contributed by atoms with E-state index in [1.54, 1.807) is 4.73 Å². The first-order valence-corrected chi connectivity index (χ1v) is 9.42. The first-order chi connectivity index (χ1) is 12.8. The van der Waals surface area contributed by atoms with E-state index in [9.17, 15) is 0 Å². The van der Waals surface area contributed by atoms with Crippen molar-refractivity contribution in [3.8, 4) is 0 Å². The third kappa shape index (κ3) is 3.83. The average molecular weight is 350 g/mol. The number of hydrogen-bond donors (Lipinski definition) is 1. The molecule has 1 fully saturated rings. The number of aromatic nitrogens is 2. The number of fused-ring (bicyclic) bond motifs is 1. The fourth-order valence-corrected chi connectivity index (χ4v) is 3.78. The molecule has 0 radical (unpaired) electrons. The Hall–Kier alpha value is -2.53. The van der Waals surface area contributed by atoms with E-state index in [-0.39, 0.29) is 0 Å². The standard InChI is InChI=1S/C21H26N4O/c22-21-23-19-8-4-5-9-20(19)25(21)26-15-14-24-12-10-18(11-13-24)16-17-6-2-1-3-7-17/h1-9,18H,10-16H2,(H2,22,23). The zero-order valence-electron chi connectivity index (χ0n) is 15.1. The summed E-state index contributed by atoms with van der Waals surface area (Å²) >= 11 is 0. The molecule has 0 aliphatic carbocycles. The van der Waals surface area contributed by atoms with E-state index in [0.717, 1.165) is 36.6 Å². The Bertz CT molecular complexity index is 838. The van der Waals surface area contributed by atoms with Crippen LogP contribution < -0.4 is 10.6 Å². The van der Waals surface area contributed by atoms with Gasteiger partial charge in [0.05, 0.1) is 5.52 Å². The Morgan fingerprint density at radius 3 is 2.54 bits per heavy atom. The van der Waals surface area contributed by atoms with Gasteiger partial charge in [0.1, 0.15) is 12.1 Å². The molecule has 0 unspecified atom stereocenters. The lowest BCUT2D eigenvalue weighted by Crippen LogP contribution is -2.37. The van der Waals surface area contributed by atoms with Crippen LogP contribution in [0, 0.1) is 5.92 Å². The van der Waals surface area contributed by atoms with E-state index >= 15 is 0 Å². The number of nitrogens with zero attached hydrogens (tertiary/aromatic N) is 3. The van der Waals surface area contributed by atoms with Crippen molar-refractivity contribution in [2.75, 3.05) is 32.0 Å². The normalized spacial score (nSPS) is 16.2. The highest BCUT2D eigenvalue weighted by Crippen LogP contribution is 2.21. The molecule has 5 nitrogen and oxygen atoms in total. The fraction of sp³-hybridized carbons (Fsp3) is 0.381. The molecule has 1 aromatic heterocycles. The van der Waals surface area contributed by atoms with Crippen LogP contribution in [0.4, 0.5) is 5.95 Å². The first-order valence-electron chi connectivity index (χ1n) is 9.42. The summed E-state index contributed by atoms with van der Waals surface area (Å²) in [7, 11) is 0. The summed E-state index contributed by atoms with van der Waals surface area (Å²) < 4.78 is 1.65. The van der Waals surface area contributed by atoms with Gasteiger partial charge in [0.2, 0.25) is 5.95 Å². The number of piperidine rings is 1. The quantitative estimate of drug-likeness (QED) is 0.742. The van der Waals surface area contributed by atoms with Gasteiger partial charge in [-0.3, -0.25) is 4.90 Å². The summed E-state index contributed by atoms with van der Waals surface area (Å²) in [5, 5.41) is 0. The van der Waals surface area contributed by atoms with Crippen molar-refractivity contribution in [1.82, 2.24) is 14.6 Å². The Labute approximate surface area is 154 Å². The number of para-hydroxylation sites is 2. The van der Waals surface area contributed by atoms with Crippen molar-refractivity contribution in [2.24, 2.45) is 5.92 Å². The molecule has 3 aromatic rings. The van der Waals surface area contributed by atoms with Crippen LogP contribution in [0.1, 0.15) is 18.4 Å². The number of imidazole rings is 1. The third-order valence-corrected chi connectivity index (χ3v) is 5.25. The molecule has 5 heteroatoms. The van der Waals surface area contributed by atoms with Crippen LogP contribution in [0.2, 0.25) is 0 Å². The van der Waals surface area contributed by atoms with E-state index in [1.165, 1.54) is 24.8 Å². The van der Waals surface area contributed by atoms with Gasteiger partial charge in [-0.15, -0.1) is 4.73 Å². The Morgan fingerprint density at radius 1 is 1.00 bits per heavy atom. The zero-order valence-corrected chi connectivity index (χ0v) is 15.1. The molecule has 2 N–H and O–H groups in total. The maximum atomic E-state index is 5.98. The molecular weight excluding hydrogens is 324 g/mol. The molecule has 0 atom stereocenters. The number of rotatable bonds is 6. The number of nitrogen functional groups attached to an aromatic ring is 1. The molecule has 0 spiro atoms. The third-order valence-electron chi connectivity index (χ3n) is 5.25. The van der Waals surface area contributed by atoms with Gasteiger partial charge in [-0.25, -0.2) is 4.98 Å². The van der Waals surface area contributed by atoms with Gasteiger partial charge >= 0.3 is 0 Å². The van der Waals surface area contributed by atoms with Crippen molar-refractivity contribution in [2.45, 2.75) is 19.3 Å². The SMILES string of the molecule is Nc1nc2ccccc2n1OCCN1CCC(Cc2ccccc2)CC1. The largest absolute Gasteiger partial charge is 0.409 e. The lowest BCUT2D eigenvalue weighted by molar-refractivity contribution is 0.0831. The van der Waals surface area contributed by atoms with Gasteiger partial charge in [-0.2, -0.15) is 0 Å². The maximum absolute atomic E-state index is 5.98. The summed E-state index contributed by atoms with van der Waals surface area (Å²) in [4.78, 5) is 12.7. The van der Waals surface area contributed by atoms with Crippen LogP contribution in [-0.2, 0) is 6.42 Å². The van der Waals surface area contributed by atoms with Crippen molar-refractivity contribution >= 4 is 17.0 Å². The summed E-state index contributed by atoms with van der Waals surface area (Å²) in [6.45, 7) is 3.82.